The molecule has 1 spiro atoms. The summed E-state index contributed by atoms with van der Waals surface area (Å²) in [4.78, 5) is 26.2. The first-order valence-electron chi connectivity index (χ1n) is 10.3. The Morgan fingerprint density at radius 2 is 1.79 bits per heavy atom. The van der Waals surface area contributed by atoms with Gasteiger partial charge in [0.05, 0.1) is 11.7 Å². The van der Waals surface area contributed by atoms with Crippen molar-refractivity contribution in [3.05, 3.63) is 41.5 Å². The van der Waals surface area contributed by atoms with E-state index in [-0.39, 0.29) is 23.5 Å². The summed E-state index contributed by atoms with van der Waals surface area (Å²) >= 11 is 0. The zero-order chi connectivity index (χ0) is 20.4. The maximum Gasteiger partial charge on any atom is 0.244 e. The Bertz CT molecular complexity index is 794. The molecule has 5 nitrogen and oxygen atoms in total. The summed E-state index contributed by atoms with van der Waals surface area (Å²) in [6.07, 6.45) is 8.16. The van der Waals surface area contributed by atoms with Gasteiger partial charge >= 0.3 is 0 Å². The van der Waals surface area contributed by atoms with Gasteiger partial charge in [-0.2, -0.15) is 0 Å². The number of amides is 2. The molecule has 156 valence electrons. The summed E-state index contributed by atoms with van der Waals surface area (Å²) in [5.74, 6) is -1.14. The molecular formula is C22H26F2N2O3. The Hall–Kier alpha value is -2.28. The average molecular weight is 404 g/mol. The molecule has 1 aromatic carbocycles. The molecule has 2 heterocycles. The third kappa shape index (κ3) is 5.01. The van der Waals surface area contributed by atoms with Crippen molar-refractivity contribution in [2.45, 2.75) is 50.2 Å². The Balaban J connectivity index is 1.21. The van der Waals surface area contributed by atoms with Crippen molar-refractivity contribution in [2.75, 3.05) is 19.6 Å². The van der Waals surface area contributed by atoms with Gasteiger partial charge < -0.3 is 15.0 Å². The van der Waals surface area contributed by atoms with Crippen LogP contribution in [-0.2, 0) is 14.3 Å². The maximum absolute atomic E-state index is 13.2. The molecule has 3 fully saturated rings. The third-order valence-electron chi connectivity index (χ3n) is 6.07. The monoisotopic (exact) mass is 404 g/mol. The second-order valence-electron chi connectivity index (χ2n) is 8.34. The highest BCUT2D eigenvalue weighted by atomic mass is 19.1. The van der Waals surface area contributed by atoms with E-state index in [1.165, 1.54) is 12.2 Å². The number of halogens is 2. The summed E-state index contributed by atoms with van der Waals surface area (Å²) in [6.45, 7) is 1.90. The smallest absolute Gasteiger partial charge is 0.244 e. The number of rotatable bonds is 5. The summed E-state index contributed by atoms with van der Waals surface area (Å²) < 4.78 is 32.6. The number of likely N-dealkylation sites (tertiary alicyclic amines) is 1. The Morgan fingerprint density at radius 3 is 2.45 bits per heavy atom. The number of hydrogen-bond acceptors (Lipinski definition) is 3. The van der Waals surface area contributed by atoms with E-state index in [0.29, 0.717) is 18.0 Å². The van der Waals surface area contributed by atoms with E-state index in [1.54, 1.807) is 0 Å². The minimum atomic E-state index is -0.681. The minimum Gasteiger partial charge on any atom is -0.370 e. The summed E-state index contributed by atoms with van der Waals surface area (Å²) in [5, 5.41) is 2.79. The number of nitrogens with zero attached hydrogens (tertiary/aromatic N) is 1. The number of piperidine rings is 1. The van der Waals surface area contributed by atoms with Crippen LogP contribution in [0.5, 0.6) is 0 Å². The predicted octanol–water partition coefficient (Wildman–Crippen LogP) is 3.04. The molecule has 2 amide bonds. The number of carbonyl (C=O) groups is 2. The molecule has 1 saturated carbocycles. The van der Waals surface area contributed by atoms with Crippen molar-refractivity contribution in [2.24, 2.45) is 5.92 Å². The Labute approximate surface area is 169 Å². The van der Waals surface area contributed by atoms with Gasteiger partial charge in [0.2, 0.25) is 11.8 Å². The first-order chi connectivity index (χ1) is 13.9. The van der Waals surface area contributed by atoms with Gasteiger partial charge in [0, 0.05) is 37.7 Å². The summed E-state index contributed by atoms with van der Waals surface area (Å²) in [6, 6.07) is 3.12. The fourth-order valence-corrected chi connectivity index (χ4v) is 4.25. The van der Waals surface area contributed by atoms with E-state index in [9.17, 15) is 18.4 Å². The first kappa shape index (κ1) is 20.0. The fourth-order valence-electron chi connectivity index (χ4n) is 4.25. The lowest BCUT2D eigenvalue weighted by Crippen LogP contribution is -2.47. The van der Waals surface area contributed by atoms with Crippen molar-refractivity contribution in [3.63, 3.8) is 0 Å². The first-order valence-corrected chi connectivity index (χ1v) is 10.3. The maximum atomic E-state index is 13.2. The Morgan fingerprint density at radius 1 is 1.10 bits per heavy atom. The highest BCUT2D eigenvalue weighted by Gasteiger charge is 2.44. The molecule has 1 aliphatic carbocycles. The van der Waals surface area contributed by atoms with Gasteiger partial charge in [0.1, 0.15) is 11.6 Å². The zero-order valence-corrected chi connectivity index (χ0v) is 16.3. The van der Waals surface area contributed by atoms with Crippen LogP contribution in [0, 0.1) is 17.6 Å². The molecule has 0 unspecified atom stereocenters. The quantitative estimate of drug-likeness (QED) is 0.768. The van der Waals surface area contributed by atoms with Crippen molar-refractivity contribution < 1.29 is 23.1 Å². The molecule has 2 aliphatic heterocycles. The third-order valence-corrected chi connectivity index (χ3v) is 6.07. The van der Waals surface area contributed by atoms with Crippen molar-refractivity contribution in [1.82, 2.24) is 10.2 Å². The molecule has 3 aliphatic rings. The van der Waals surface area contributed by atoms with E-state index in [2.05, 4.69) is 5.32 Å². The number of ether oxygens (including phenoxy) is 1. The molecule has 1 atom stereocenters. The molecule has 0 radical (unpaired) electrons. The molecular weight excluding hydrogens is 378 g/mol. The zero-order valence-electron chi connectivity index (χ0n) is 16.3. The predicted molar refractivity (Wildman–Crippen MR) is 104 cm³/mol. The van der Waals surface area contributed by atoms with Crippen LogP contribution >= 0.6 is 0 Å². The number of nitrogens with one attached hydrogen (secondary N) is 1. The van der Waals surface area contributed by atoms with Crippen molar-refractivity contribution in [3.8, 4) is 0 Å². The highest BCUT2D eigenvalue weighted by molar-refractivity contribution is 5.91. The normalized spacial score (nSPS) is 23.7. The fraction of sp³-hybridized carbons (Fsp3) is 0.545. The highest BCUT2D eigenvalue weighted by Crippen LogP contribution is 2.40. The number of benzene rings is 1. The molecule has 4 rings (SSSR count). The van der Waals surface area contributed by atoms with Gasteiger partial charge in [0.25, 0.3) is 0 Å². The van der Waals surface area contributed by atoms with Gasteiger partial charge in [-0.05, 0) is 62.3 Å². The molecule has 0 aromatic heterocycles. The lowest BCUT2D eigenvalue weighted by Gasteiger charge is -2.39. The minimum absolute atomic E-state index is 0.0513. The van der Waals surface area contributed by atoms with Crippen LogP contribution in [0.15, 0.2) is 24.3 Å². The van der Waals surface area contributed by atoms with Crippen LogP contribution in [0.3, 0.4) is 0 Å². The van der Waals surface area contributed by atoms with Crippen molar-refractivity contribution in [1.29, 1.82) is 0 Å². The van der Waals surface area contributed by atoms with Crippen LogP contribution < -0.4 is 5.32 Å². The van der Waals surface area contributed by atoms with Gasteiger partial charge in [-0.15, -0.1) is 0 Å². The van der Waals surface area contributed by atoms with E-state index in [4.69, 9.17) is 4.74 Å². The summed E-state index contributed by atoms with van der Waals surface area (Å²) in [5.41, 5.74) is 0.117. The summed E-state index contributed by atoms with van der Waals surface area (Å²) in [7, 11) is 0. The van der Waals surface area contributed by atoms with Crippen LogP contribution in [0.2, 0.25) is 0 Å². The van der Waals surface area contributed by atoms with Crippen LogP contribution in [-0.4, -0.2) is 48.1 Å². The standard InChI is InChI=1S/C22H26F2N2O3/c23-17-11-15(12-18(24)13-17)1-4-20(27)25-14-19-5-6-22(29-19)7-9-26(10-8-22)21(28)16-2-3-16/h1,4,11-13,16,19H,2-3,5-10,14H2,(H,25,27)/b4-1+/t19-/m1/s1. The van der Waals surface area contributed by atoms with Gasteiger partial charge in [-0.25, -0.2) is 8.78 Å². The average Bonchev–Trinajstić information content (AvgIpc) is 3.47. The second-order valence-corrected chi connectivity index (χ2v) is 8.34. The lowest BCUT2D eigenvalue weighted by molar-refractivity contribution is -0.139. The van der Waals surface area contributed by atoms with Crippen LogP contribution in [0.25, 0.3) is 6.08 Å². The van der Waals surface area contributed by atoms with E-state index >= 15 is 0 Å². The van der Waals surface area contributed by atoms with Crippen molar-refractivity contribution >= 4 is 17.9 Å². The molecule has 0 bridgehead atoms. The van der Waals surface area contributed by atoms with E-state index in [1.807, 2.05) is 4.90 Å². The topological polar surface area (TPSA) is 58.6 Å². The molecule has 7 heteroatoms. The Kier molecular flexibility index (Phi) is 5.67. The van der Waals surface area contributed by atoms with Crippen LogP contribution in [0.4, 0.5) is 8.78 Å². The van der Waals surface area contributed by atoms with Gasteiger partial charge in [-0.1, -0.05) is 0 Å². The largest absolute Gasteiger partial charge is 0.370 e. The molecule has 1 aromatic rings. The van der Waals surface area contributed by atoms with Gasteiger partial charge in [0.15, 0.2) is 0 Å². The molecule has 2 saturated heterocycles. The number of hydrogen-bond donors (Lipinski definition) is 1. The molecule has 1 N–H and O–H groups in total. The molecule has 29 heavy (non-hydrogen) atoms. The lowest BCUT2D eigenvalue weighted by atomic mass is 9.88. The van der Waals surface area contributed by atoms with E-state index < -0.39 is 11.6 Å². The SMILES string of the molecule is O=C(/C=C/c1cc(F)cc(F)c1)NC[C@H]1CCC2(CCN(C(=O)C3CC3)CC2)O1. The van der Waals surface area contributed by atoms with Gasteiger partial charge in [-0.3, -0.25) is 9.59 Å². The number of carbonyl (C=O) groups excluding carboxylic acids is 2. The second kappa shape index (κ2) is 8.22. The van der Waals surface area contributed by atoms with Crippen LogP contribution in [0.1, 0.15) is 44.1 Å². The van der Waals surface area contributed by atoms with E-state index in [0.717, 1.165) is 69.8 Å².